The summed E-state index contributed by atoms with van der Waals surface area (Å²) in [6, 6.07) is 5.65. The fourth-order valence-electron chi connectivity index (χ4n) is 3.26. The van der Waals surface area contributed by atoms with Crippen molar-refractivity contribution in [2.75, 3.05) is 19.7 Å². The van der Waals surface area contributed by atoms with E-state index in [1.165, 1.54) is 0 Å². The van der Waals surface area contributed by atoms with Gasteiger partial charge >= 0.3 is 5.97 Å². The monoisotopic (exact) mass is 406 g/mol. The van der Waals surface area contributed by atoms with Crippen LogP contribution in [0.25, 0.3) is 0 Å². The third-order valence-corrected chi connectivity index (χ3v) is 4.74. The third kappa shape index (κ3) is 6.00. The van der Waals surface area contributed by atoms with E-state index in [2.05, 4.69) is 10.6 Å². The number of hydrogen-bond donors (Lipinski definition) is 5. The predicted molar refractivity (Wildman–Crippen MR) is 103 cm³/mol. The Labute approximate surface area is 168 Å². The molecule has 0 saturated carbocycles. The van der Waals surface area contributed by atoms with Crippen LogP contribution in [-0.4, -0.2) is 76.6 Å². The number of nitrogens with two attached hydrogens (primary N) is 1. The molecule has 3 unspecified atom stereocenters. The molecular formula is C19H26N4O6. The first-order valence-electron chi connectivity index (χ1n) is 9.35. The van der Waals surface area contributed by atoms with Gasteiger partial charge in [0.05, 0.1) is 13.2 Å². The maximum Gasteiger partial charge on any atom is 0.326 e. The van der Waals surface area contributed by atoms with Gasteiger partial charge in [0.2, 0.25) is 17.7 Å². The van der Waals surface area contributed by atoms with Crippen molar-refractivity contribution in [2.45, 2.75) is 37.4 Å². The van der Waals surface area contributed by atoms with Gasteiger partial charge in [-0.15, -0.1) is 0 Å². The van der Waals surface area contributed by atoms with E-state index in [0.717, 1.165) is 10.5 Å². The Morgan fingerprint density at radius 2 is 1.83 bits per heavy atom. The minimum atomic E-state index is -1.31. The van der Waals surface area contributed by atoms with Gasteiger partial charge in [-0.3, -0.25) is 14.4 Å². The number of hydrogen-bond acceptors (Lipinski definition) is 6. The van der Waals surface area contributed by atoms with Crippen molar-refractivity contribution in [3.8, 4) is 0 Å². The van der Waals surface area contributed by atoms with Gasteiger partial charge in [0.25, 0.3) is 0 Å². The van der Waals surface area contributed by atoms with Crippen molar-refractivity contribution in [1.29, 1.82) is 0 Å². The van der Waals surface area contributed by atoms with Crippen LogP contribution in [0.15, 0.2) is 30.3 Å². The molecule has 1 heterocycles. The first kappa shape index (κ1) is 22.3. The predicted octanol–water partition coefficient (Wildman–Crippen LogP) is -1.77. The summed E-state index contributed by atoms with van der Waals surface area (Å²) in [6.45, 7) is -0.773. The highest BCUT2D eigenvalue weighted by atomic mass is 16.4. The lowest BCUT2D eigenvalue weighted by atomic mass is 10.0. The van der Waals surface area contributed by atoms with Gasteiger partial charge in [0.1, 0.15) is 18.1 Å². The minimum Gasteiger partial charge on any atom is -0.480 e. The number of carboxylic acid groups (broad SMARTS) is 1. The molecule has 29 heavy (non-hydrogen) atoms. The molecule has 1 saturated heterocycles. The van der Waals surface area contributed by atoms with Crippen LogP contribution in [0.2, 0.25) is 0 Å². The van der Waals surface area contributed by atoms with Crippen LogP contribution < -0.4 is 16.4 Å². The number of nitrogens with one attached hydrogen (secondary N) is 2. The summed E-state index contributed by atoms with van der Waals surface area (Å²) < 4.78 is 0. The van der Waals surface area contributed by atoms with E-state index in [4.69, 9.17) is 5.73 Å². The molecule has 1 fully saturated rings. The number of benzene rings is 1. The SMILES string of the molecule is NCC(=O)NC(Cc1ccccc1)C(=O)NC(CO)C(=O)N1CCCC1C(=O)O. The third-order valence-electron chi connectivity index (χ3n) is 4.74. The molecular weight excluding hydrogens is 380 g/mol. The van der Waals surface area contributed by atoms with Crippen LogP contribution in [-0.2, 0) is 25.6 Å². The van der Waals surface area contributed by atoms with Gasteiger partial charge in [-0.2, -0.15) is 0 Å². The second-order valence-electron chi connectivity index (χ2n) is 6.79. The summed E-state index contributed by atoms with van der Waals surface area (Å²) in [4.78, 5) is 49.6. The van der Waals surface area contributed by atoms with E-state index in [-0.39, 0.29) is 19.5 Å². The first-order valence-corrected chi connectivity index (χ1v) is 9.35. The molecule has 0 radical (unpaired) electrons. The normalized spacial score (nSPS) is 18.0. The number of amides is 3. The zero-order valence-corrected chi connectivity index (χ0v) is 15.9. The van der Waals surface area contributed by atoms with Crippen LogP contribution in [0.5, 0.6) is 0 Å². The Kier molecular flexibility index (Phi) is 8.10. The maximum atomic E-state index is 12.7. The molecule has 158 valence electrons. The first-order chi connectivity index (χ1) is 13.9. The molecule has 3 amide bonds. The van der Waals surface area contributed by atoms with Crippen molar-refractivity contribution < 1.29 is 29.4 Å². The number of likely N-dealkylation sites (tertiary alicyclic amines) is 1. The molecule has 1 aromatic carbocycles. The topological polar surface area (TPSA) is 162 Å². The van der Waals surface area contributed by atoms with Gasteiger partial charge < -0.3 is 31.5 Å². The lowest BCUT2D eigenvalue weighted by Crippen LogP contribution is -2.57. The Morgan fingerprint density at radius 3 is 2.41 bits per heavy atom. The second-order valence-corrected chi connectivity index (χ2v) is 6.79. The fraction of sp³-hybridized carbons (Fsp3) is 0.474. The summed E-state index contributed by atoms with van der Waals surface area (Å²) in [5, 5.41) is 23.8. The van der Waals surface area contributed by atoms with Crippen molar-refractivity contribution in [3.63, 3.8) is 0 Å². The van der Waals surface area contributed by atoms with Crippen molar-refractivity contribution in [1.82, 2.24) is 15.5 Å². The molecule has 6 N–H and O–H groups in total. The van der Waals surface area contributed by atoms with Crippen molar-refractivity contribution in [2.24, 2.45) is 5.73 Å². The standard InChI is InChI=1S/C19H26N4O6/c20-10-16(25)21-13(9-12-5-2-1-3-6-12)17(26)22-14(11-24)18(27)23-8-4-7-15(23)19(28)29/h1-3,5-6,13-15,24H,4,7-11,20H2,(H,21,25)(H,22,26)(H,28,29). The highest BCUT2D eigenvalue weighted by molar-refractivity contribution is 5.94. The minimum absolute atomic E-state index is 0.159. The van der Waals surface area contributed by atoms with Crippen LogP contribution in [0, 0.1) is 0 Å². The number of aliphatic hydroxyl groups is 1. The summed E-state index contributed by atoms with van der Waals surface area (Å²) in [5.74, 6) is -3.02. The molecule has 1 aliphatic heterocycles. The fourth-order valence-corrected chi connectivity index (χ4v) is 3.26. The Bertz CT molecular complexity index is 741. The smallest absolute Gasteiger partial charge is 0.326 e. The molecule has 0 bridgehead atoms. The van der Waals surface area contributed by atoms with E-state index in [0.29, 0.717) is 12.8 Å². The van der Waals surface area contributed by atoms with Crippen molar-refractivity contribution in [3.05, 3.63) is 35.9 Å². The number of carboxylic acids is 1. The average molecular weight is 406 g/mol. The summed E-state index contributed by atoms with van der Waals surface area (Å²) in [5.41, 5.74) is 6.10. The summed E-state index contributed by atoms with van der Waals surface area (Å²) in [7, 11) is 0. The quantitative estimate of drug-likeness (QED) is 0.324. The molecule has 0 spiro atoms. The number of carbonyl (C=O) groups is 4. The van der Waals surface area contributed by atoms with Crippen LogP contribution >= 0.6 is 0 Å². The lowest BCUT2D eigenvalue weighted by molar-refractivity contribution is -0.150. The Hall–Kier alpha value is -2.98. The van der Waals surface area contributed by atoms with E-state index >= 15 is 0 Å². The number of nitrogens with zero attached hydrogens (tertiary/aromatic N) is 1. The lowest BCUT2D eigenvalue weighted by Gasteiger charge is -2.27. The Balaban J connectivity index is 2.11. The molecule has 2 rings (SSSR count). The summed E-state index contributed by atoms with van der Waals surface area (Å²) >= 11 is 0. The molecule has 10 heteroatoms. The average Bonchev–Trinajstić information content (AvgIpc) is 3.21. The van der Waals surface area contributed by atoms with Gasteiger partial charge in [0.15, 0.2) is 0 Å². The Morgan fingerprint density at radius 1 is 1.14 bits per heavy atom. The largest absolute Gasteiger partial charge is 0.480 e. The highest BCUT2D eigenvalue weighted by Crippen LogP contribution is 2.18. The highest BCUT2D eigenvalue weighted by Gasteiger charge is 2.38. The number of aliphatic carboxylic acids is 1. The van der Waals surface area contributed by atoms with E-state index in [1.807, 2.05) is 6.07 Å². The maximum absolute atomic E-state index is 12.7. The zero-order valence-electron chi connectivity index (χ0n) is 15.9. The van der Waals surface area contributed by atoms with Gasteiger partial charge in [-0.05, 0) is 18.4 Å². The van der Waals surface area contributed by atoms with E-state index in [9.17, 15) is 29.4 Å². The molecule has 3 atom stereocenters. The molecule has 1 aliphatic rings. The number of aliphatic hydroxyl groups excluding tert-OH is 1. The van der Waals surface area contributed by atoms with Crippen LogP contribution in [0.1, 0.15) is 18.4 Å². The van der Waals surface area contributed by atoms with Crippen molar-refractivity contribution >= 4 is 23.7 Å². The molecule has 0 aromatic heterocycles. The summed E-state index contributed by atoms with van der Waals surface area (Å²) in [6.07, 6.45) is 1.00. The molecule has 1 aromatic rings. The molecule has 0 aliphatic carbocycles. The van der Waals surface area contributed by atoms with Crippen LogP contribution in [0.3, 0.4) is 0 Å². The van der Waals surface area contributed by atoms with Gasteiger partial charge in [0, 0.05) is 13.0 Å². The van der Waals surface area contributed by atoms with Gasteiger partial charge in [-0.25, -0.2) is 4.79 Å². The van der Waals surface area contributed by atoms with E-state index in [1.54, 1.807) is 24.3 Å². The number of carbonyl (C=O) groups excluding carboxylic acids is 3. The van der Waals surface area contributed by atoms with Gasteiger partial charge in [-0.1, -0.05) is 30.3 Å². The zero-order chi connectivity index (χ0) is 21.4. The molecule has 10 nitrogen and oxygen atoms in total. The van der Waals surface area contributed by atoms with Crippen LogP contribution in [0.4, 0.5) is 0 Å². The van der Waals surface area contributed by atoms with E-state index < -0.39 is 48.4 Å². The number of rotatable bonds is 9. The second kappa shape index (κ2) is 10.5.